The number of halogens is 3. The molecular formula is C16H14F3N3O2. The summed E-state index contributed by atoms with van der Waals surface area (Å²) in [6.45, 7) is 0. The van der Waals surface area contributed by atoms with Gasteiger partial charge in [-0.2, -0.15) is 13.2 Å². The Morgan fingerprint density at radius 2 is 1.62 bits per heavy atom. The van der Waals surface area contributed by atoms with E-state index in [0.717, 1.165) is 23.4 Å². The number of nitrogens with zero attached hydrogens (tertiary/aromatic N) is 2. The van der Waals surface area contributed by atoms with E-state index in [4.69, 9.17) is 0 Å². The van der Waals surface area contributed by atoms with E-state index in [-0.39, 0.29) is 11.4 Å². The van der Waals surface area contributed by atoms with Crippen LogP contribution >= 0.6 is 0 Å². The van der Waals surface area contributed by atoms with Crippen LogP contribution in [-0.4, -0.2) is 10.6 Å². The molecule has 0 spiro atoms. The van der Waals surface area contributed by atoms with Gasteiger partial charge in [-0.1, -0.05) is 18.2 Å². The zero-order chi connectivity index (χ0) is 16.2. The zero-order valence-electron chi connectivity index (χ0n) is 12.3. The van der Waals surface area contributed by atoms with Gasteiger partial charge in [-0.25, -0.2) is 5.01 Å². The molecule has 0 saturated heterocycles. The van der Waals surface area contributed by atoms with Crippen LogP contribution in [0.4, 0.5) is 24.5 Å². The average Bonchev–Trinajstić information content (AvgIpc) is 3.04. The number of hydrogen-bond acceptors (Lipinski definition) is 4. The van der Waals surface area contributed by atoms with Crippen LogP contribution in [0.5, 0.6) is 0 Å². The lowest BCUT2D eigenvalue weighted by Gasteiger charge is -2.22. The van der Waals surface area contributed by atoms with Crippen molar-refractivity contribution in [3.05, 3.63) is 71.2 Å². The molecule has 8 heteroatoms. The van der Waals surface area contributed by atoms with Gasteiger partial charge in [-0.3, -0.25) is 5.01 Å². The van der Waals surface area contributed by atoms with Crippen LogP contribution in [0.2, 0.25) is 0 Å². The van der Waals surface area contributed by atoms with Gasteiger partial charge in [0.2, 0.25) is 5.88 Å². The summed E-state index contributed by atoms with van der Waals surface area (Å²) in [5.74, 6) is -0.0130. The van der Waals surface area contributed by atoms with E-state index in [0.29, 0.717) is 17.8 Å². The molecule has 0 unspecified atom stereocenters. The molecule has 4 N–H and O–H groups in total. The Morgan fingerprint density at radius 1 is 0.958 bits per heavy atom. The van der Waals surface area contributed by atoms with Crippen molar-refractivity contribution < 1.29 is 23.8 Å². The Morgan fingerprint density at radius 3 is 2.29 bits per heavy atom. The Balaban J connectivity index is 0.00000169. The second-order valence-electron chi connectivity index (χ2n) is 5.39. The molecule has 5 nitrogen and oxygen atoms in total. The number of hydrazine groups is 2. The fourth-order valence-electron chi connectivity index (χ4n) is 2.83. The van der Waals surface area contributed by atoms with E-state index in [1.54, 1.807) is 5.01 Å². The number of aliphatic hydroxyl groups excluding tert-OH is 1. The molecule has 2 aromatic carbocycles. The monoisotopic (exact) mass is 337 g/mol. The minimum absolute atomic E-state index is 0. The number of hydrogen-bond donors (Lipinski definition) is 2. The molecule has 0 atom stereocenters. The van der Waals surface area contributed by atoms with Gasteiger partial charge in [0.05, 0.1) is 16.9 Å². The Kier molecular flexibility index (Phi) is 3.66. The number of allylic oxidation sites excluding steroid dienone is 1. The molecule has 2 heterocycles. The van der Waals surface area contributed by atoms with Crippen molar-refractivity contribution in [3.8, 4) is 0 Å². The van der Waals surface area contributed by atoms with Gasteiger partial charge in [0.15, 0.2) is 0 Å². The molecule has 2 aromatic rings. The van der Waals surface area contributed by atoms with Crippen LogP contribution in [0, 0.1) is 0 Å². The SMILES string of the molecule is O.OC1=C2Cc3ccccc3N2NN1c1ccc(C(F)(F)F)cc1. The van der Waals surface area contributed by atoms with Crippen LogP contribution in [0.1, 0.15) is 11.1 Å². The van der Waals surface area contributed by atoms with Gasteiger partial charge in [-0.05, 0) is 35.9 Å². The Labute approximate surface area is 135 Å². The topological polar surface area (TPSA) is 70.2 Å². The van der Waals surface area contributed by atoms with E-state index in [1.165, 1.54) is 17.1 Å². The Bertz CT molecular complexity index is 803. The quantitative estimate of drug-likeness (QED) is 0.839. The van der Waals surface area contributed by atoms with E-state index in [2.05, 4.69) is 5.53 Å². The lowest BCUT2D eigenvalue weighted by molar-refractivity contribution is -0.137. The molecule has 0 bridgehead atoms. The van der Waals surface area contributed by atoms with Gasteiger partial charge in [-0.15, -0.1) is 5.53 Å². The summed E-state index contributed by atoms with van der Waals surface area (Å²) < 4.78 is 37.9. The number of anilines is 2. The maximum atomic E-state index is 12.6. The molecule has 126 valence electrons. The van der Waals surface area contributed by atoms with Crippen molar-refractivity contribution in [2.45, 2.75) is 12.6 Å². The molecule has 0 aliphatic carbocycles. The van der Waals surface area contributed by atoms with Gasteiger partial charge in [0.25, 0.3) is 0 Å². The molecule has 0 amide bonds. The maximum Gasteiger partial charge on any atom is 0.416 e. The number of benzene rings is 2. The third kappa shape index (κ3) is 2.36. The van der Waals surface area contributed by atoms with Gasteiger partial charge < -0.3 is 10.6 Å². The van der Waals surface area contributed by atoms with Crippen molar-refractivity contribution in [2.24, 2.45) is 0 Å². The van der Waals surface area contributed by atoms with E-state index < -0.39 is 11.7 Å². The predicted octanol–water partition coefficient (Wildman–Crippen LogP) is 2.91. The summed E-state index contributed by atoms with van der Waals surface area (Å²) in [6.07, 6.45) is -3.82. The van der Waals surface area contributed by atoms with Crippen molar-refractivity contribution in [1.82, 2.24) is 5.53 Å². The zero-order valence-corrected chi connectivity index (χ0v) is 12.3. The predicted molar refractivity (Wildman–Crippen MR) is 83.0 cm³/mol. The lowest BCUT2D eigenvalue weighted by atomic mass is 10.1. The number of para-hydroxylation sites is 1. The maximum absolute atomic E-state index is 12.6. The highest BCUT2D eigenvalue weighted by Crippen LogP contribution is 2.39. The summed E-state index contributed by atoms with van der Waals surface area (Å²) in [4.78, 5) is 0. The third-order valence-corrected chi connectivity index (χ3v) is 3.98. The molecule has 4 rings (SSSR count). The summed E-state index contributed by atoms with van der Waals surface area (Å²) in [7, 11) is 0. The fraction of sp³-hybridized carbons (Fsp3) is 0.125. The summed E-state index contributed by atoms with van der Waals surface area (Å²) >= 11 is 0. The van der Waals surface area contributed by atoms with E-state index in [9.17, 15) is 18.3 Å². The smallest absolute Gasteiger partial charge is 0.416 e. The van der Waals surface area contributed by atoms with Gasteiger partial charge in [0, 0.05) is 6.42 Å². The second-order valence-corrected chi connectivity index (χ2v) is 5.39. The van der Waals surface area contributed by atoms with Crippen LogP contribution < -0.4 is 15.6 Å². The molecule has 24 heavy (non-hydrogen) atoms. The highest BCUT2D eigenvalue weighted by molar-refractivity contribution is 5.69. The minimum atomic E-state index is -4.38. The fourth-order valence-corrected chi connectivity index (χ4v) is 2.83. The van der Waals surface area contributed by atoms with Crippen molar-refractivity contribution in [3.63, 3.8) is 0 Å². The molecule has 0 radical (unpaired) electrons. The highest BCUT2D eigenvalue weighted by atomic mass is 19.4. The first-order chi connectivity index (χ1) is 10.9. The average molecular weight is 337 g/mol. The van der Waals surface area contributed by atoms with Gasteiger partial charge in [0.1, 0.15) is 5.70 Å². The van der Waals surface area contributed by atoms with Gasteiger partial charge >= 0.3 is 6.18 Å². The largest absolute Gasteiger partial charge is 0.492 e. The number of nitrogens with one attached hydrogen (secondary N) is 1. The molecule has 0 saturated carbocycles. The first kappa shape index (κ1) is 16.2. The van der Waals surface area contributed by atoms with Crippen molar-refractivity contribution in [2.75, 3.05) is 10.0 Å². The highest BCUT2D eigenvalue weighted by Gasteiger charge is 2.37. The van der Waals surface area contributed by atoms with E-state index >= 15 is 0 Å². The third-order valence-electron chi connectivity index (χ3n) is 3.98. The molecule has 2 aliphatic rings. The van der Waals surface area contributed by atoms with Crippen LogP contribution in [0.25, 0.3) is 0 Å². The molecule has 0 aromatic heterocycles. The first-order valence-electron chi connectivity index (χ1n) is 6.99. The first-order valence-corrected chi connectivity index (χ1v) is 6.99. The van der Waals surface area contributed by atoms with Crippen molar-refractivity contribution >= 4 is 11.4 Å². The summed E-state index contributed by atoms with van der Waals surface area (Å²) in [6, 6.07) is 12.3. The Hall–Kier alpha value is -2.71. The number of alkyl halides is 3. The van der Waals surface area contributed by atoms with E-state index in [1.807, 2.05) is 24.3 Å². The van der Waals surface area contributed by atoms with Crippen LogP contribution in [0.15, 0.2) is 60.1 Å². The van der Waals surface area contributed by atoms with Crippen molar-refractivity contribution in [1.29, 1.82) is 0 Å². The summed E-state index contributed by atoms with van der Waals surface area (Å²) in [5.41, 5.74) is 5.37. The lowest BCUT2D eigenvalue weighted by Crippen LogP contribution is -2.41. The number of rotatable bonds is 1. The van der Waals surface area contributed by atoms with Crippen LogP contribution in [-0.2, 0) is 12.6 Å². The second kappa shape index (κ2) is 5.43. The number of fused-ring (bicyclic) bond motifs is 3. The van der Waals surface area contributed by atoms with Crippen LogP contribution in [0.3, 0.4) is 0 Å². The molecule has 2 aliphatic heterocycles. The molecule has 0 fully saturated rings. The molecular weight excluding hydrogens is 323 g/mol. The summed E-state index contributed by atoms with van der Waals surface area (Å²) in [5, 5.41) is 13.5. The minimum Gasteiger partial charge on any atom is -0.492 e. The number of aliphatic hydroxyl groups is 1. The standard InChI is InChI=1S/C16H12F3N3O.H2O/c17-16(18,19)11-5-7-12(8-6-11)21-15(23)14-9-10-3-1-2-4-13(10)22(14)20-21;/h1-8,20,23H,9H2;1H2. The normalized spacial score (nSPS) is 16.1.